The van der Waals surface area contributed by atoms with Crippen molar-refractivity contribution in [2.75, 3.05) is 38.8 Å². The fourth-order valence-corrected chi connectivity index (χ4v) is 5.77. The van der Waals surface area contributed by atoms with E-state index in [1.807, 2.05) is 18.5 Å². The molecule has 3 aromatic rings. The van der Waals surface area contributed by atoms with Gasteiger partial charge in [0.05, 0.1) is 19.1 Å². The minimum absolute atomic E-state index is 0.111. The molecule has 3 aliphatic rings. The zero-order chi connectivity index (χ0) is 27.0. The molecule has 3 aromatic heterocycles. The van der Waals surface area contributed by atoms with E-state index in [4.69, 9.17) is 9.47 Å². The second-order valence-corrected chi connectivity index (χ2v) is 11.2. The third-order valence-corrected chi connectivity index (χ3v) is 8.43. The minimum atomic E-state index is -0.276. The van der Waals surface area contributed by atoms with E-state index in [9.17, 15) is 4.79 Å². The van der Waals surface area contributed by atoms with Gasteiger partial charge in [0, 0.05) is 56.1 Å². The van der Waals surface area contributed by atoms with Crippen molar-refractivity contribution in [3.05, 3.63) is 29.8 Å². The summed E-state index contributed by atoms with van der Waals surface area (Å²) in [4.78, 5) is 40.8. The molecule has 0 bridgehead atoms. The van der Waals surface area contributed by atoms with E-state index in [1.54, 1.807) is 20.4 Å². The summed E-state index contributed by atoms with van der Waals surface area (Å²) in [5.41, 5.74) is 1.86. The summed E-state index contributed by atoms with van der Waals surface area (Å²) in [6, 6.07) is 2.11. The molecule has 1 saturated heterocycles. The number of ether oxygens (including phenoxy) is 2. The van der Waals surface area contributed by atoms with Gasteiger partial charge < -0.3 is 29.7 Å². The van der Waals surface area contributed by atoms with Gasteiger partial charge in [0.25, 0.3) is 5.91 Å². The predicted octanol–water partition coefficient (Wildman–Crippen LogP) is 3.53. The standard InChI is InChI=1S/C28H36N8O3/c1-28(8-4-9-28)35-25(37)24-32-26(34-27(33-24)39-16-19-13-18(19)14-29-2)36-11-6-17(7-12-36)20-15-31-23-22(20)21(38-3)5-10-30-23/h5,10,14-15,17-19H,4,6-9,11-13,16H2,1-3H3,(H,30,31)(H,35,37)/b29-14-/t18-,19+/m0/s1. The van der Waals surface area contributed by atoms with Gasteiger partial charge in [0.15, 0.2) is 0 Å². The van der Waals surface area contributed by atoms with Crippen molar-refractivity contribution >= 4 is 29.1 Å². The molecule has 2 saturated carbocycles. The molecule has 0 unspecified atom stereocenters. The lowest BCUT2D eigenvalue weighted by atomic mass is 9.78. The molecule has 2 atom stereocenters. The summed E-state index contributed by atoms with van der Waals surface area (Å²) in [6.07, 6.45) is 11.7. The lowest BCUT2D eigenvalue weighted by Crippen LogP contribution is -2.51. The Balaban J connectivity index is 1.19. The van der Waals surface area contributed by atoms with Crippen LogP contribution < -0.4 is 19.7 Å². The molecule has 2 N–H and O–H groups in total. The smallest absolute Gasteiger partial charge is 0.321 e. The number of carbonyl (C=O) groups excluding carboxylic acids is 1. The normalized spacial score (nSPS) is 22.6. The number of pyridine rings is 1. The number of aliphatic imine (C=N–C) groups is 1. The highest BCUT2D eigenvalue weighted by molar-refractivity contribution is 5.91. The Morgan fingerprint density at radius 2 is 2.10 bits per heavy atom. The first kappa shape index (κ1) is 25.5. The van der Waals surface area contributed by atoms with Crippen molar-refractivity contribution in [1.29, 1.82) is 0 Å². The maximum atomic E-state index is 13.1. The molecule has 6 rings (SSSR count). The van der Waals surface area contributed by atoms with Crippen molar-refractivity contribution in [3.63, 3.8) is 0 Å². The summed E-state index contributed by atoms with van der Waals surface area (Å²) >= 11 is 0. The number of hydrogen-bond acceptors (Lipinski definition) is 9. The van der Waals surface area contributed by atoms with Crippen molar-refractivity contribution in [2.24, 2.45) is 16.8 Å². The van der Waals surface area contributed by atoms with E-state index >= 15 is 0 Å². The van der Waals surface area contributed by atoms with Gasteiger partial charge in [0.1, 0.15) is 11.4 Å². The first-order valence-electron chi connectivity index (χ1n) is 13.8. The number of amides is 1. The number of anilines is 1. The SMILES string of the molecule is C/N=C\[C@@H]1C[C@@H]1COc1nc(C(=O)NC2(C)CCC2)nc(N2CCC(c3c[nH]c4nccc(OC)c34)CC2)n1. The van der Waals surface area contributed by atoms with Crippen LogP contribution in [0.1, 0.15) is 67.5 Å². The number of piperidine rings is 1. The van der Waals surface area contributed by atoms with Crippen LogP contribution in [0.15, 0.2) is 23.5 Å². The van der Waals surface area contributed by atoms with Crippen molar-refractivity contribution in [3.8, 4) is 11.8 Å². The molecule has 11 nitrogen and oxygen atoms in total. The van der Waals surface area contributed by atoms with Gasteiger partial charge in [-0.15, -0.1) is 0 Å². The van der Waals surface area contributed by atoms with Gasteiger partial charge in [-0.3, -0.25) is 4.79 Å². The number of nitrogens with one attached hydrogen (secondary N) is 2. The number of nitrogens with zero attached hydrogens (tertiary/aromatic N) is 6. The minimum Gasteiger partial charge on any atom is -0.496 e. The molecule has 1 aliphatic heterocycles. The number of methoxy groups -OCH3 is 1. The van der Waals surface area contributed by atoms with Gasteiger partial charge in [0.2, 0.25) is 11.8 Å². The molecule has 1 amide bonds. The maximum absolute atomic E-state index is 13.1. The zero-order valence-corrected chi connectivity index (χ0v) is 22.8. The predicted molar refractivity (Wildman–Crippen MR) is 148 cm³/mol. The molecular formula is C28H36N8O3. The molecule has 0 spiro atoms. The van der Waals surface area contributed by atoms with Gasteiger partial charge in [-0.1, -0.05) is 0 Å². The summed E-state index contributed by atoms with van der Waals surface area (Å²) in [5.74, 6) is 2.34. The molecule has 2 aliphatic carbocycles. The van der Waals surface area contributed by atoms with Gasteiger partial charge in [-0.2, -0.15) is 15.0 Å². The molecular weight excluding hydrogens is 496 g/mol. The number of rotatable bonds is 9. The molecule has 206 valence electrons. The van der Waals surface area contributed by atoms with E-state index < -0.39 is 0 Å². The third-order valence-electron chi connectivity index (χ3n) is 8.43. The van der Waals surface area contributed by atoms with Crippen LogP contribution in [0.5, 0.6) is 11.8 Å². The second-order valence-electron chi connectivity index (χ2n) is 11.2. The fourth-order valence-electron chi connectivity index (χ4n) is 5.77. The highest BCUT2D eigenvalue weighted by Crippen LogP contribution is 2.38. The van der Waals surface area contributed by atoms with E-state index in [1.165, 1.54) is 5.56 Å². The number of carbonyl (C=O) groups is 1. The van der Waals surface area contributed by atoms with Crippen LogP contribution in [-0.2, 0) is 0 Å². The fraction of sp³-hybridized carbons (Fsp3) is 0.571. The Hall–Kier alpha value is -3.76. The Morgan fingerprint density at radius 1 is 1.28 bits per heavy atom. The lowest BCUT2D eigenvalue weighted by Gasteiger charge is -2.38. The number of aromatic amines is 1. The van der Waals surface area contributed by atoms with Crippen molar-refractivity contribution < 1.29 is 14.3 Å². The largest absolute Gasteiger partial charge is 0.496 e. The van der Waals surface area contributed by atoms with Crippen LogP contribution in [0.2, 0.25) is 0 Å². The maximum Gasteiger partial charge on any atom is 0.321 e. The molecule has 11 heteroatoms. The Labute approximate surface area is 227 Å². The molecule has 3 fully saturated rings. The Bertz CT molecular complexity index is 1380. The molecule has 4 heterocycles. The highest BCUT2D eigenvalue weighted by atomic mass is 16.5. The van der Waals surface area contributed by atoms with Gasteiger partial charge >= 0.3 is 6.01 Å². The number of fused-ring (bicyclic) bond motifs is 1. The van der Waals surface area contributed by atoms with Crippen LogP contribution in [0.4, 0.5) is 5.95 Å². The second kappa shape index (κ2) is 10.4. The van der Waals surface area contributed by atoms with Crippen LogP contribution in [0.25, 0.3) is 11.0 Å². The van der Waals surface area contributed by atoms with Gasteiger partial charge in [-0.05, 0) is 63.0 Å². The summed E-state index contributed by atoms with van der Waals surface area (Å²) < 4.78 is 11.6. The first-order valence-corrected chi connectivity index (χ1v) is 13.8. The van der Waals surface area contributed by atoms with Crippen LogP contribution >= 0.6 is 0 Å². The van der Waals surface area contributed by atoms with Crippen LogP contribution in [-0.4, -0.2) is 76.4 Å². The monoisotopic (exact) mass is 532 g/mol. The number of aromatic nitrogens is 5. The Morgan fingerprint density at radius 3 is 2.82 bits per heavy atom. The van der Waals surface area contributed by atoms with E-state index in [2.05, 4.69) is 47.1 Å². The highest BCUT2D eigenvalue weighted by Gasteiger charge is 2.37. The van der Waals surface area contributed by atoms with Crippen molar-refractivity contribution in [2.45, 2.75) is 56.9 Å². The molecule has 39 heavy (non-hydrogen) atoms. The van der Waals surface area contributed by atoms with Gasteiger partial charge in [-0.25, -0.2) is 4.98 Å². The topological polar surface area (TPSA) is 131 Å². The quantitative estimate of drug-likeness (QED) is 0.400. The van der Waals surface area contributed by atoms with E-state index in [0.29, 0.717) is 30.3 Å². The third kappa shape index (κ3) is 5.26. The average molecular weight is 533 g/mol. The summed E-state index contributed by atoms with van der Waals surface area (Å²) in [7, 11) is 3.48. The summed E-state index contributed by atoms with van der Waals surface area (Å²) in [5, 5.41) is 4.16. The number of hydrogen-bond donors (Lipinski definition) is 2. The summed E-state index contributed by atoms with van der Waals surface area (Å²) in [6.45, 7) is 4.06. The Kier molecular flexibility index (Phi) is 6.82. The number of H-pyrrole nitrogens is 1. The average Bonchev–Trinajstić information content (AvgIpc) is 3.54. The molecule has 0 aromatic carbocycles. The van der Waals surface area contributed by atoms with E-state index in [-0.39, 0.29) is 23.3 Å². The van der Waals surface area contributed by atoms with Crippen molar-refractivity contribution in [1.82, 2.24) is 30.2 Å². The van der Waals surface area contributed by atoms with Crippen LogP contribution in [0.3, 0.4) is 0 Å². The van der Waals surface area contributed by atoms with E-state index in [0.717, 1.165) is 68.4 Å². The molecule has 0 radical (unpaired) electrons. The first-order chi connectivity index (χ1) is 19.0. The van der Waals surface area contributed by atoms with Crippen LogP contribution in [0, 0.1) is 11.8 Å². The zero-order valence-electron chi connectivity index (χ0n) is 22.8. The lowest BCUT2D eigenvalue weighted by molar-refractivity contribution is 0.0837.